The van der Waals surface area contributed by atoms with Crippen LogP contribution in [0.5, 0.6) is 0 Å². The van der Waals surface area contributed by atoms with E-state index in [1.54, 1.807) is 13.8 Å². The summed E-state index contributed by atoms with van der Waals surface area (Å²) in [5, 5.41) is 3.70. The fourth-order valence-electron chi connectivity index (χ4n) is 1.74. The molecule has 108 valence electrons. The van der Waals surface area contributed by atoms with E-state index in [9.17, 15) is 13.2 Å². The highest BCUT2D eigenvalue weighted by Crippen LogP contribution is 2.31. The molecule has 2 rings (SSSR count). The molecule has 0 amide bonds. The topological polar surface area (TPSA) is 68.2 Å². The first-order valence-corrected chi connectivity index (χ1v) is 6.08. The van der Waals surface area contributed by atoms with E-state index in [4.69, 9.17) is 10.3 Å². The van der Waals surface area contributed by atoms with Crippen molar-refractivity contribution in [1.29, 1.82) is 0 Å². The molecule has 0 saturated heterocycles. The predicted molar refractivity (Wildman–Crippen MR) is 61.0 cm³/mol. The van der Waals surface area contributed by atoms with E-state index in [2.05, 4.69) is 10.1 Å². The highest BCUT2D eigenvalue weighted by atomic mass is 19.4. The highest BCUT2D eigenvalue weighted by molar-refractivity contribution is 4.99. The summed E-state index contributed by atoms with van der Waals surface area (Å²) in [5.74, 6) is 0.468. The third kappa shape index (κ3) is 4.17. The van der Waals surface area contributed by atoms with Crippen LogP contribution in [-0.4, -0.2) is 33.8 Å². The van der Waals surface area contributed by atoms with Crippen LogP contribution in [-0.2, 0) is 12.1 Å². The molecule has 0 radical (unpaired) electrons. The lowest BCUT2D eigenvalue weighted by molar-refractivity contribution is -0.149. The Labute approximate surface area is 108 Å². The largest absolute Gasteiger partial charge is 0.401 e. The van der Waals surface area contributed by atoms with Gasteiger partial charge in [0.1, 0.15) is 0 Å². The Morgan fingerprint density at radius 2 is 2.00 bits per heavy atom. The van der Waals surface area contributed by atoms with Crippen LogP contribution in [0.3, 0.4) is 0 Å². The van der Waals surface area contributed by atoms with Gasteiger partial charge in [0.15, 0.2) is 5.82 Å². The zero-order valence-electron chi connectivity index (χ0n) is 10.9. The number of hydrogen-bond donors (Lipinski definition) is 1. The van der Waals surface area contributed by atoms with Gasteiger partial charge in [0, 0.05) is 6.04 Å². The van der Waals surface area contributed by atoms with E-state index in [1.165, 1.54) is 4.90 Å². The molecular formula is C11H17F3N4O. The molecule has 0 bridgehead atoms. The number of halogens is 3. The van der Waals surface area contributed by atoms with Gasteiger partial charge in [-0.25, -0.2) is 0 Å². The van der Waals surface area contributed by atoms with Gasteiger partial charge in [-0.3, -0.25) is 4.90 Å². The lowest BCUT2D eigenvalue weighted by Crippen LogP contribution is -2.35. The van der Waals surface area contributed by atoms with Crippen molar-refractivity contribution in [2.45, 2.75) is 51.0 Å². The molecule has 1 aromatic rings. The van der Waals surface area contributed by atoms with E-state index in [-0.39, 0.29) is 18.5 Å². The van der Waals surface area contributed by atoms with Crippen LogP contribution in [0, 0.1) is 0 Å². The average Bonchev–Trinajstić information content (AvgIpc) is 2.95. The zero-order valence-corrected chi connectivity index (χ0v) is 10.9. The number of hydrogen-bond acceptors (Lipinski definition) is 5. The molecule has 0 aromatic carbocycles. The molecule has 0 aliphatic heterocycles. The summed E-state index contributed by atoms with van der Waals surface area (Å²) in [6, 6.07) is -0.0390. The van der Waals surface area contributed by atoms with Crippen molar-refractivity contribution in [3.05, 3.63) is 11.7 Å². The fraction of sp³-hybridized carbons (Fsp3) is 0.818. The lowest BCUT2D eigenvalue weighted by atomic mass is 10.1. The summed E-state index contributed by atoms with van der Waals surface area (Å²) >= 11 is 0. The molecule has 1 saturated carbocycles. The monoisotopic (exact) mass is 278 g/mol. The van der Waals surface area contributed by atoms with Crippen LogP contribution in [0.25, 0.3) is 0 Å². The van der Waals surface area contributed by atoms with Crippen LogP contribution >= 0.6 is 0 Å². The van der Waals surface area contributed by atoms with Crippen molar-refractivity contribution in [2.24, 2.45) is 5.73 Å². The Bertz CT molecular complexity index is 434. The second kappa shape index (κ2) is 4.75. The highest BCUT2D eigenvalue weighted by Gasteiger charge is 2.38. The van der Waals surface area contributed by atoms with Crippen molar-refractivity contribution in [1.82, 2.24) is 15.0 Å². The van der Waals surface area contributed by atoms with Gasteiger partial charge in [0.05, 0.1) is 18.6 Å². The maximum absolute atomic E-state index is 12.5. The molecular weight excluding hydrogens is 261 g/mol. The first-order chi connectivity index (χ1) is 8.65. The minimum Gasteiger partial charge on any atom is -0.338 e. The minimum absolute atomic E-state index is 0.00720. The Hall–Kier alpha value is -1.15. The molecule has 19 heavy (non-hydrogen) atoms. The zero-order chi connectivity index (χ0) is 14.3. The summed E-state index contributed by atoms with van der Waals surface area (Å²) in [7, 11) is 0. The van der Waals surface area contributed by atoms with Gasteiger partial charge >= 0.3 is 6.18 Å². The van der Waals surface area contributed by atoms with Crippen LogP contribution in [0.15, 0.2) is 4.52 Å². The number of alkyl halides is 3. The second-order valence-electron chi connectivity index (χ2n) is 5.48. The summed E-state index contributed by atoms with van der Waals surface area (Å²) in [4.78, 5) is 5.37. The predicted octanol–water partition coefficient (Wildman–Crippen LogP) is 1.79. The summed E-state index contributed by atoms with van der Waals surface area (Å²) in [5.41, 5.74) is 5.03. The maximum atomic E-state index is 12.5. The third-order valence-corrected chi connectivity index (χ3v) is 2.83. The number of nitrogens with two attached hydrogens (primary N) is 1. The molecule has 1 aliphatic rings. The van der Waals surface area contributed by atoms with E-state index in [0.29, 0.717) is 5.82 Å². The van der Waals surface area contributed by atoms with Crippen molar-refractivity contribution >= 4 is 0 Å². The summed E-state index contributed by atoms with van der Waals surface area (Å²) in [6.45, 7) is 2.46. The molecule has 1 heterocycles. The number of nitrogens with zero attached hydrogens (tertiary/aromatic N) is 3. The smallest absolute Gasteiger partial charge is 0.338 e. The van der Waals surface area contributed by atoms with E-state index >= 15 is 0 Å². The van der Waals surface area contributed by atoms with Crippen LogP contribution in [0.4, 0.5) is 13.2 Å². The Kier molecular flexibility index (Phi) is 3.57. The van der Waals surface area contributed by atoms with Crippen molar-refractivity contribution in [2.75, 3.05) is 6.54 Å². The van der Waals surface area contributed by atoms with Gasteiger partial charge < -0.3 is 10.3 Å². The molecule has 2 N–H and O–H groups in total. The first kappa shape index (κ1) is 14.3. The van der Waals surface area contributed by atoms with Crippen LogP contribution in [0.1, 0.15) is 38.4 Å². The lowest BCUT2D eigenvalue weighted by Gasteiger charge is -2.21. The molecule has 0 atom stereocenters. The van der Waals surface area contributed by atoms with E-state index in [1.807, 2.05) is 0 Å². The van der Waals surface area contributed by atoms with E-state index < -0.39 is 18.3 Å². The quantitative estimate of drug-likeness (QED) is 0.889. The van der Waals surface area contributed by atoms with Gasteiger partial charge in [-0.15, -0.1) is 0 Å². The maximum Gasteiger partial charge on any atom is 0.401 e. The first-order valence-electron chi connectivity index (χ1n) is 6.08. The van der Waals surface area contributed by atoms with Crippen molar-refractivity contribution in [3.8, 4) is 0 Å². The van der Waals surface area contributed by atoms with Gasteiger partial charge in [-0.1, -0.05) is 5.16 Å². The standard InChI is InChI=1S/C11H17F3N4O/c1-10(2,15)9-16-8(19-17-9)5-18(7-3-4-7)6-11(12,13)14/h7H,3-6,15H2,1-2H3. The minimum atomic E-state index is -4.22. The van der Waals surface area contributed by atoms with Crippen LogP contribution < -0.4 is 5.73 Å². The summed E-state index contributed by atoms with van der Waals surface area (Å²) < 4.78 is 42.4. The van der Waals surface area contributed by atoms with Gasteiger partial charge in [0.25, 0.3) is 0 Å². The van der Waals surface area contributed by atoms with Gasteiger partial charge in [0.2, 0.25) is 5.89 Å². The molecule has 0 unspecified atom stereocenters. The summed E-state index contributed by atoms with van der Waals surface area (Å²) in [6.07, 6.45) is -2.67. The van der Waals surface area contributed by atoms with Crippen LogP contribution in [0.2, 0.25) is 0 Å². The number of aromatic nitrogens is 2. The normalized spacial score (nSPS) is 17.2. The average molecular weight is 278 g/mol. The third-order valence-electron chi connectivity index (χ3n) is 2.83. The van der Waals surface area contributed by atoms with Gasteiger partial charge in [-0.05, 0) is 26.7 Å². The molecule has 8 heteroatoms. The van der Waals surface area contributed by atoms with Crippen molar-refractivity contribution in [3.63, 3.8) is 0 Å². The molecule has 1 aliphatic carbocycles. The Morgan fingerprint density at radius 3 is 2.42 bits per heavy atom. The molecule has 1 aromatic heterocycles. The molecule has 1 fully saturated rings. The van der Waals surface area contributed by atoms with E-state index in [0.717, 1.165) is 12.8 Å². The van der Waals surface area contributed by atoms with Crippen molar-refractivity contribution < 1.29 is 17.7 Å². The molecule has 5 nitrogen and oxygen atoms in total. The Balaban J connectivity index is 2.03. The SMILES string of the molecule is CC(C)(N)c1noc(CN(CC(F)(F)F)C2CC2)n1. The fourth-order valence-corrected chi connectivity index (χ4v) is 1.74. The Morgan fingerprint density at radius 1 is 1.37 bits per heavy atom. The number of rotatable bonds is 5. The van der Waals surface area contributed by atoms with Gasteiger partial charge in [-0.2, -0.15) is 18.2 Å². The second-order valence-corrected chi connectivity index (χ2v) is 5.48. The molecule has 0 spiro atoms.